The Labute approximate surface area is 118 Å². The molecule has 1 aromatic carbocycles. The summed E-state index contributed by atoms with van der Waals surface area (Å²) in [5, 5.41) is 3.84. The van der Waals surface area contributed by atoms with Gasteiger partial charge in [-0.1, -0.05) is 28.1 Å². The zero-order chi connectivity index (χ0) is 12.5. The van der Waals surface area contributed by atoms with Crippen molar-refractivity contribution in [3.05, 3.63) is 34.3 Å². The molecule has 0 amide bonds. The number of rotatable bonds is 3. The van der Waals surface area contributed by atoms with Crippen LogP contribution in [0, 0.1) is 5.92 Å². The second kappa shape index (κ2) is 5.32. The minimum atomic E-state index is 0.444. The minimum absolute atomic E-state index is 0.444. The van der Waals surface area contributed by atoms with Gasteiger partial charge in [-0.25, -0.2) is 0 Å². The number of benzene rings is 1. The Hall–Kier alpha value is -0.380. The van der Waals surface area contributed by atoms with Gasteiger partial charge in [0, 0.05) is 23.1 Å². The van der Waals surface area contributed by atoms with E-state index >= 15 is 0 Å². The Morgan fingerprint density at radius 3 is 3.00 bits per heavy atom. The Morgan fingerprint density at radius 1 is 1.33 bits per heavy atom. The molecule has 1 N–H and O–H groups in total. The van der Waals surface area contributed by atoms with Crippen molar-refractivity contribution in [2.75, 3.05) is 19.6 Å². The maximum Gasteiger partial charge on any atom is 0.0294 e. The molecule has 1 aromatic rings. The van der Waals surface area contributed by atoms with Crippen LogP contribution in [0.15, 0.2) is 28.7 Å². The average molecular weight is 309 g/mol. The van der Waals surface area contributed by atoms with E-state index in [0.29, 0.717) is 12.1 Å². The summed E-state index contributed by atoms with van der Waals surface area (Å²) >= 11 is 3.55. The quantitative estimate of drug-likeness (QED) is 0.922. The summed E-state index contributed by atoms with van der Waals surface area (Å²) in [4.78, 5) is 2.60. The molecule has 2 fully saturated rings. The molecular weight excluding hydrogens is 288 g/mol. The molecule has 2 saturated heterocycles. The van der Waals surface area contributed by atoms with Crippen LogP contribution in [0.5, 0.6) is 0 Å². The van der Waals surface area contributed by atoms with E-state index in [1.165, 1.54) is 42.5 Å². The Kier molecular flexibility index (Phi) is 3.73. The average Bonchev–Trinajstić information content (AvgIpc) is 2.76. The summed E-state index contributed by atoms with van der Waals surface area (Å²) in [6.45, 7) is 6.18. The molecule has 2 aliphatic heterocycles. The first-order chi connectivity index (χ1) is 8.72. The molecule has 3 rings (SSSR count). The maximum atomic E-state index is 3.84. The summed E-state index contributed by atoms with van der Waals surface area (Å²) in [6.07, 6.45) is 2.69. The Morgan fingerprint density at radius 2 is 2.17 bits per heavy atom. The molecule has 0 aliphatic carbocycles. The molecule has 4 atom stereocenters. The van der Waals surface area contributed by atoms with Gasteiger partial charge in [0.05, 0.1) is 0 Å². The number of fused-ring (bicyclic) bond motifs is 2. The third-order valence-electron chi connectivity index (χ3n) is 4.45. The van der Waals surface area contributed by atoms with E-state index in [0.717, 1.165) is 5.92 Å². The van der Waals surface area contributed by atoms with Gasteiger partial charge in [0.15, 0.2) is 0 Å². The lowest BCUT2D eigenvalue weighted by Gasteiger charge is -2.33. The molecule has 2 aliphatic rings. The fraction of sp³-hybridized carbons (Fsp3) is 0.600. The van der Waals surface area contributed by atoms with Crippen LogP contribution >= 0.6 is 15.9 Å². The zero-order valence-electron chi connectivity index (χ0n) is 10.9. The highest BCUT2D eigenvalue weighted by atomic mass is 79.9. The number of nitrogens with zero attached hydrogens (tertiary/aromatic N) is 1. The van der Waals surface area contributed by atoms with Crippen molar-refractivity contribution in [3.8, 4) is 0 Å². The largest absolute Gasteiger partial charge is 0.307 e. The Bertz CT molecular complexity index is 421. The molecule has 0 aromatic heterocycles. The van der Waals surface area contributed by atoms with E-state index in [2.05, 4.69) is 57.3 Å². The van der Waals surface area contributed by atoms with E-state index in [4.69, 9.17) is 0 Å². The molecule has 98 valence electrons. The van der Waals surface area contributed by atoms with E-state index < -0.39 is 0 Å². The molecule has 2 heterocycles. The van der Waals surface area contributed by atoms with Crippen molar-refractivity contribution in [3.63, 3.8) is 0 Å². The maximum absolute atomic E-state index is 3.84. The second-order valence-electron chi connectivity index (χ2n) is 5.69. The monoisotopic (exact) mass is 308 g/mol. The number of halogens is 1. The van der Waals surface area contributed by atoms with Crippen molar-refractivity contribution in [2.45, 2.75) is 31.8 Å². The Balaban J connectivity index is 1.65. The lowest BCUT2D eigenvalue weighted by Crippen LogP contribution is -2.44. The standard InChI is InChI=1S/C15H21BrN2/c1-11(12-3-2-4-14(16)9-12)17-15-6-8-18-7-5-13(15)10-18/h2-4,9,11,13,15,17H,5-8,10H2,1H3. The van der Waals surface area contributed by atoms with E-state index in [9.17, 15) is 0 Å². The van der Waals surface area contributed by atoms with Crippen molar-refractivity contribution in [1.29, 1.82) is 0 Å². The van der Waals surface area contributed by atoms with Gasteiger partial charge in [-0.15, -0.1) is 0 Å². The molecule has 0 radical (unpaired) electrons. The van der Waals surface area contributed by atoms with Gasteiger partial charge in [0.1, 0.15) is 0 Å². The van der Waals surface area contributed by atoms with Crippen molar-refractivity contribution in [2.24, 2.45) is 5.92 Å². The van der Waals surface area contributed by atoms with Gasteiger partial charge in [-0.05, 0) is 56.5 Å². The molecule has 18 heavy (non-hydrogen) atoms. The second-order valence-corrected chi connectivity index (χ2v) is 6.60. The molecular formula is C15H21BrN2. The van der Waals surface area contributed by atoms with Crippen LogP contribution in [0.4, 0.5) is 0 Å². The fourth-order valence-corrected chi connectivity index (χ4v) is 3.78. The van der Waals surface area contributed by atoms with Gasteiger partial charge in [0.2, 0.25) is 0 Å². The van der Waals surface area contributed by atoms with Crippen LogP contribution in [0.3, 0.4) is 0 Å². The third-order valence-corrected chi connectivity index (χ3v) is 4.94. The summed E-state index contributed by atoms with van der Waals surface area (Å²) in [6, 6.07) is 9.80. The highest BCUT2D eigenvalue weighted by Gasteiger charge is 2.34. The first kappa shape index (κ1) is 12.6. The van der Waals surface area contributed by atoms with Crippen LogP contribution in [-0.4, -0.2) is 30.6 Å². The van der Waals surface area contributed by atoms with Gasteiger partial charge in [-0.2, -0.15) is 0 Å². The van der Waals surface area contributed by atoms with Crippen LogP contribution in [-0.2, 0) is 0 Å². The number of piperidine rings is 1. The van der Waals surface area contributed by atoms with Crippen LogP contribution in [0.25, 0.3) is 0 Å². The first-order valence-electron chi connectivity index (χ1n) is 6.96. The molecule has 4 unspecified atom stereocenters. The summed E-state index contributed by atoms with van der Waals surface area (Å²) in [7, 11) is 0. The predicted octanol–water partition coefficient (Wildman–Crippen LogP) is 3.19. The highest BCUT2D eigenvalue weighted by molar-refractivity contribution is 9.10. The minimum Gasteiger partial charge on any atom is -0.307 e. The normalized spacial score (nSPS) is 32.4. The van der Waals surface area contributed by atoms with Gasteiger partial charge in [-0.3, -0.25) is 0 Å². The summed E-state index contributed by atoms with van der Waals surface area (Å²) in [5.74, 6) is 0.869. The van der Waals surface area contributed by atoms with Gasteiger partial charge < -0.3 is 10.2 Å². The summed E-state index contributed by atoms with van der Waals surface area (Å²) < 4.78 is 1.17. The molecule has 0 spiro atoms. The lowest BCUT2D eigenvalue weighted by molar-refractivity contribution is 0.212. The number of nitrogens with one attached hydrogen (secondary N) is 1. The smallest absolute Gasteiger partial charge is 0.0294 e. The van der Waals surface area contributed by atoms with E-state index in [-0.39, 0.29) is 0 Å². The predicted molar refractivity (Wildman–Crippen MR) is 78.6 cm³/mol. The SMILES string of the molecule is CC(NC1CCN2CCC1C2)c1cccc(Br)c1. The van der Waals surface area contributed by atoms with Crippen molar-refractivity contribution < 1.29 is 0 Å². The van der Waals surface area contributed by atoms with E-state index in [1.54, 1.807) is 0 Å². The summed E-state index contributed by atoms with van der Waals surface area (Å²) in [5.41, 5.74) is 1.38. The molecule has 3 heteroatoms. The third kappa shape index (κ3) is 2.63. The van der Waals surface area contributed by atoms with Crippen LogP contribution in [0.1, 0.15) is 31.4 Å². The fourth-order valence-electron chi connectivity index (χ4n) is 3.36. The van der Waals surface area contributed by atoms with Crippen molar-refractivity contribution >= 4 is 15.9 Å². The van der Waals surface area contributed by atoms with Crippen LogP contribution in [0.2, 0.25) is 0 Å². The molecule has 2 bridgehead atoms. The van der Waals surface area contributed by atoms with Crippen molar-refractivity contribution in [1.82, 2.24) is 10.2 Å². The van der Waals surface area contributed by atoms with E-state index in [1.807, 2.05) is 0 Å². The molecule has 2 nitrogen and oxygen atoms in total. The van der Waals surface area contributed by atoms with Gasteiger partial charge >= 0.3 is 0 Å². The number of hydrogen-bond donors (Lipinski definition) is 1. The highest BCUT2D eigenvalue weighted by Crippen LogP contribution is 2.29. The van der Waals surface area contributed by atoms with Crippen LogP contribution < -0.4 is 5.32 Å². The first-order valence-corrected chi connectivity index (χ1v) is 7.75. The topological polar surface area (TPSA) is 15.3 Å². The number of hydrogen-bond acceptors (Lipinski definition) is 2. The zero-order valence-corrected chi connectivity index (χ0v) is 12.5. The molecule has 0 saturated carbocycles. The lowest BCUT2D eigenvalue weighted by atomic mass is 9.93. The van der Waals surface area contributed by atoms with Gasteiger partial charge in [0.25, 0.3) is 0 Å².